The summed E-state index contributed by atoms with van der Waals surface area (Å²) >= 11 is 1.64. The summed E-state index contributed by atoms with van der Waals surface area (Å²) in [4.78, 5) is 57.2. The number of benzene rings is 3. The lowest BCUT2D eigenvalue weighted by atomic mass is 9.85. The van der Waals surface area contributed by atoms with Gasteiger partial charge in [-0.2, -0.15) is 19.6 Å². The fourth-order valence-electron chi connectivity index (χ4n) is 10.0. The van der Waals surface area contributed by atoms with Crippen LogP contribution in [-0.2, 0) is 32.2 Å². The number of piperidine rings is 1. The van der Waals surface area contributed by atoms with E-state index < -0.39 is 29.1 Å². The molecule has 2 saturated heterocycles. The minimum absolute atomic E-state index is 0.0310. The van der Waals surface area contributed by atoms with Crippen LogP contribution in [0.3, 0.4) is 0 Å². The molecule has 4 aromatic heterocycles. The van der Waals surface area contributed by atoms with Gasteiger partial charge in [0, 0.05) is 66.7 Å². The Bertz CT molecular complexity index is 3260. The van der Waals surface area contributed by atoms with Gasteiger partial charge in [0.05, 0.1) is 47.2 Å². The van der Waals surface area contributed by atoms with Crippen molar-refractivity contribution in [1.29, 1.82) is 0 Å². The molecule has 3 aromatic carbocycles. The lowest BCUT2D eigenvalue weighted by Gasteiger charge is -2.35. The zero-order valence-corrected chi connectivity index (χ0v) is 47.8. The standard InChI is InChI=1S/C45H52N10O3S.C15H23FN2O3/c1-29(2)39-27-52-55-43(39)53-45(58-36-9-7-16-47-26-36)54-44(55)50-25-33-8-5-6-10-37(33)41-38-14-13-35(22-31(38)15-17-49-41)48-18-19-56-20-21-57-40-23-32(11-12-34(40)24-46-4)42-30(3)51-28-59-42;1-14(2,3)11(17-13(21)15(16)6-7-15)12(20)18-8-4-5-10(18)9-19/h5-6,8,10-15,17,22-23,27-29,36,46-48H,7,9,16,18-21,24-26H2,1-4H3,(H,50,53,54);9-11H,4-8H2,1-3H3,(H,17,21). The maximum absolute atomic E-state index is 13.8. The van der Waals surface area contributed by atoms with E-state index >= 15 is 0 Å². The quantitative estimate of drug-likeness (QED) is 0.0317. The molecular formula is C60H75FN12O6S. The molecule has 3 fully saturated rings. The van der Waals surface area contributed by atoms with E-state index in [0.717, 1.165) is 117 Å². The average molecular weight is 1110 g/mol. The molecule has 0 radical (unpaired) electrons. The molecule has 10 rings (SSSR count). The van der Waals surface area contributed by atoms with Crippen molar-refractivity contribution in [1.82, 2.24) is 50.4 Å². The van der Waals surface area contributed by atoms with Gasteiger partial charge >= 0.3 is 6.01 Å². The third-order valence-electron chi connectivity index (χ3n) is 14.7. The number of hydrogen-bond acceptors (Lipinski definition) is 16. The number of pyridine rings is 1. The normalized spacial score (nSPS) is 17.2. The zero-order chi connectivity index (χ0) is 56.4. The van der Waals surface area contributed by atoms with Gasteiger partial charge in [0.2, 0.25) is 11.9 Å². The Morgan fingerprint density at radius 1 is 0.963 bits per heavy atom. The van der Waals surface area contributed by atoms with Crippen molar-refractivity contribution in [2.24, 2.45) is 5.41 Å². The van der Waals surface area contributed by atoms with Crippen molar-refractivity contribution in [3.8, 4) is 33.5 Å². The third-order valence-corrected chi connectivity index (χ3v) is 15.7. The first-order chi connectivity index (χ1) is 38.6. The summed E-state index contributed by atoms with van der Waals surface area (Å²) in [5, 5.41) is 23.1. The molecule has 6 heterocycles. The molecule has 20 heteroatoms. The summed E-state index contributed by atoms with van der Waals surface area (Å²) in [7, 11) is 1.94. The molecule has 2 aliphatic heterocycles. The summed E-state index contributed by atoms with van der Waals surface area (Å²) in [5.41, 5.74) is 8.65. The highest BCUT2D eigenvalue weighted by atomic mass is 32.1. The number of likely N-dealkylation sites (tertiary alicyclic amines) is 1. The zero-order valence-electron chi connectivity index (χ0n) is 46.9. The molecule has 18 nitrogen and oxygen atoms in total. The Labute approximate surface area is 471 Å². The Morgan fingerprint density at radius 2 is 1.80 bits per heavy atom. The SMILES string of the molecule is CC(C)(C)C(NC(=O)C1(F)CC1)C(=O)N1CCCC1C=O.CNCc1ccc(-c2scnc2C)cc1OCCOCCNc1ccc2c(-c3ccccc3CNc3nc(OC4CCCNC4)nc4c(C(C)C)cnn34)nccc2c1. The molecule has 7 aromatic rings. The van der Waals surface area contributed by atoms with Crippen LogP contribution in [0.1, 0.15) is 101 Å². The highest BCUT2D eigenvalue weighted by molar-refractivity contribution is 7.13. The van der Waals surface area contributed by atoms with Gasteiger partial charge in [0.25, 0.3) is 5.91 Å². The predicted molar refractivity (Wildman–Crippen MR) is 311 cm³/mol. The van der Waals surface area contributed by atoms with E-state index in [9.17, 15) is 18.8 Å². The van der Waals surface area contributed by atoms with Crippen molar-refractivity contribution in [2.75, 3.05) is 63.7 Å². The molecule has 3 atom stereocenters. The molecule has 424 valence electrons. The first-order valence-electron chi connectivity index (χ1n) is 27.9. The van der Waals surface area contributed by atoms with E-state index in [0.29, 0.717) is 57.8 Å². The number of aldehydes is 1. The lowest BCUT2D eigenvalue weighted by Crippen LogP contribution is -2.57. The number of aryl methyl sites for hydroxylation is 1. The number of anilines is 2. The fraction of sp³-hybridized carbons (Fsp3) is 0.467. The number of rotatable bonds is 22. The number of aromatic nitrogens is 6. The molecular weight excluding hydrogens is 1040 g/mol. The number of nitrogens with zero attached hydrogens (tertiary/aromatic N) is 7. The van der Waals surface area contributed by atoms with Gasteiger partial charge < -0.3 is 50.5 Å². The number of halogens is 1. The molecule has 1 saturated carbocycles. The second-order valence-corrected chi connectivity index (χ2v) is 23.0. The molecule has 0 bridgehead atoms. The topological polar surface area (TPSA) is 211 Å². The number of thiazole rings is 1. The van der Waals surface area contributed by atoms with E-state index in [-0.39, 0.29) is 30.8 Å². The van der Waals surface area contributed by atoms with Crippen LogP contribution >= 0.6 is 11.3 Å². The van der Waals surface area contributed by atoms with E-state index in [4.69, 9.17) is 29.2 Å². The Morgan fingerprint density at radius 3 is 2.54 bits per heavy atom. The Hall–Kier alpha value is -7.13. The van der Waals surface area contributed by atoms with Crippen LogP contribution in [-0.4, -0.2) is 129 Å². The number of fused-ring (bicyclic) bond motifs is 2. The first-order valence-corrected chi connectivity index (χ1v) is 28.7. The van der Waals surface area contributed by atoms with E-state index in [1.54, 1.807) is 15.9 Å². The van der Waals surface area contributed by atoms with Crippen molar-refractivity contribution < 1.29 is 33.0 Å². The van der Waals surface area contributed by atoms with Gasteiger partial charge in [-0.1, -0.05) is 77.1 Å². The predicted octanol–water partition coefficient (Wildman–Crippen LogP) is 9.07. The molecule has 3 unspecified atom stereocenters. The smallest absolute Gasteiger partial charge is 0.322 e. The van der Waals surface area contributed by atoms with Gasteiger partial charge in [0.15, 0.2) is 11.3 Å². The van der Waals surface area contributed by atoms with Gasteiger partial charge in [-0.05, 0) is 111 Å². The van der Waals surface area contributed by atoms with Crippen molar-refractivity contribution in [2.45, 2.75) is 123 Å². The summed E-state index contributed by atoms with van der Waals surface area (Å²) < 4.78 is 34.1. The van der Waals surface area contributed by atoms with Crippen molar-refractivity contribution in [3.63, 3.8) is 0 Å². The summed E-state index contributed by atoms with van der Waals surface area (Å²) in [6.07, 6.45) is 8.43. The largest absolute Gasteiger partial charge is 0.491 e. The maximum atomic E-state index is 13.8. The van der Waals surface area contributed by atoms with Crippen LogP contribution in [0.15, 0.2) is 84.6 Å². The number of amides is 2. The second kappa shape index (κ2) is 26.0. The molecule has 1 aliphatic carbocycles. The first kappa shape index (κ1) is 57.6. The minimum Gasteiger partial charge on any atom is -0.491 e. The van der Waals surface area contributed by atoms with Crippen LogP contribution in [0, 0.1) is 12.3 Å². The van der Waals surface area contributed by atoms with Gasteiger partial charge in [0.1, 0.15) is 30.8 Å². The number of hydrogen-bond donors (Lipinski definition) is 5. The van der Waals surface area contributed by atoms with E-state index in [2.05, 4.69) is 117 Å². The van der Waals surface area contributed by atoms with Crippen LogP contribution in [0.4, 0.5) is 16.0 Å². The molecule has 0 spiro atoms. The summed E-state index contributed by atoms with van der Waals surface area (Å²) in [5.74, 6) is 0.689. The van der Waals surface area contributed by atoms with Gasteiger partial charge in [-0.15, -0.1) is 11.3 Å². The summed E-state index contributed by atoms with van der Waals surface area (Å²) in [6.45, 7) is 17.5. The number of alkyl halides is 1. The fourth-order valence-corrected chi connectivity index (χ4v) is 10.8. The van der Waals surface area contributed by atoms with Crippen LogP contribution in [0.2, 0.25) is 0 Å². The Balaban J connectivity index is 0.000000309. The number of ether oxygens (including phenoxy) is 3. The van der Waals surface area contributed by atoms with Gasteiger partial charge in [-0.25, -0.2) is 9.37 Å². The Kier molecular flexibility index (Phi) is 18.7. The second-order valence-electron chi connectivity index (χ2n) is 22.1. The van der Waals surface area contributed by atoms with Crippen molar-refractivity contribution in [3.05, 3.63) is 107 Å². The van der Waals surface area contributed by atoms with Crippen molar-refractivity contribution >= 4 is 57.5 Å². The van der Waals surface area contributed by atoms with Crippen LogP contribution < -0.4 is 36.1 Å². The molecule has 3 aliphatic rings. The number of carbonyl (C=O) groups excluding carboxylic acids is 3. The molecule has 80 heavy (non-hydrogen) atoms. The van der Waals surface area contributed by atoms with Crippen LogP contribution in [0.5, 0.6) is 11.8 Å². The number of carbonyl (C=O) groups is 3. The minimum atomic E-state index is -1.81. The highest BCUT2D eigenvalue weighted by Crippen LogP contribution is 2.41. The van der Waals surface area contributed by atoms with Gasteiger partial charge in [-0.3, -0.25) is 14.6 Å². The van der Waals surface area contributed by atoms with Crippen LogP contribution in [0.25, 0.3) is 38.1 Å². The van der Waals surface area contributed by atoms with E-state index in [1.165, 1.54) is 4.90 Å². The maximum Gasteiger partial charge on any atom is 0.322 e. The highest BCUT2D eigenvalue weighted by Gasteiger charge is 2.53. The average Bonchev–Trinajstić information content (AvgIpc) is 3.86. The van der Waals surface area contributed by atoms with E-state index in [1.807, 2.05) is 52.6 Å². The molecule has 5 N–H and O–H groups in total. The number of nitrogens with one attached hydrogen (secondary N) is 5. The summed E-state index contributed by atoms with van der Waals surface area (Å²) in [6, 6.07) is 22.3. The monoisotopic (exact) mass is 1110 g/mol. The third kappa shape index (κ3) is 13.9. The lowest BCUT2D eigenvalue weighted by molar-refractivity contribution is -0.142. The molecule has 2 amide bonds.